The van der Waals surface area contributed by atoms with Gasteiger partial charge in [0, 0.05) is 0 Å². The van der Waals surface area contributed by atoms with E-state index in [1.165, 1.54) is 19.3 Å². The summed E-state index contributed by atoms with van der Waals surface area (Å²) in [5.74, 6) is 0. The van der Waals surface area contributed by atoms with Crippen molar-refractivity contribution in [3.05, 3.63) is 12.2 Å². The summed E-state index contributed by atoms with van der Waals surface area (Å²) >= 11 is 0. The Morgan fingerprint density at radius 3 is 3.00 bits per heavy atom. The largest absolute Gasteiger partial charge is 0.389 e. The van der Waals surface area contributed by atoms with Gasteiger partial charge in [-0.2, -0.15) is 0 Å². The van der Waals surface area contributed by atoms with Crippen LogP contribution in [0.1, 0.15) is 32.1 Å². The molecule has 1 aliphatic rings. The van der Waals surface area contributed by atoms with Crippen molar-refractivity contribution in [2.24, 2.45) is 0 Å². The van der Waals surface area contributed by atoms with Crippen LogP contribution in [0.2, 0.25) is 0 Å². The van der Waals surface area contributed by atoms with E-state index in [4.69, 9.17) is 5.11 Å². The lowest BCUT2D eigenvalue weighted by atomic mass is 10.0. The lowest BCUT2D eigenvalue weighted by molar-refractivity contribution is 0.206. The molecule has 9 heavy (non-hydrogen) atoms. The van der Waals surface area contributed by atoms with Gasteiger partial charge in [-0.3, -0.25) is 0 Å². The van der Waals surface area contributed by atoms with Crippen molar-refractivity contribution >= 4 is 0 Å². The van der Waals surface area contributed by atoms with E-state index in [2.05, 4.69) is 6.08 Å². The Kier molecular flexibility index (Phi) is 2.78. The van der Waals surface area contributed by atoms with Crippen molar-refractivity contribution in [2.75, 3.05) is 0 Å². The van der Waals surface area contributed by atoms with E-state index >= 15 is 0 Å². The molecule has 0 aromatic heterocycles. The highest BCUT2D eigenvalue weighted by atomic mass is 16.3. The maximum absolute atomic E-state index is 9.13. The number of allylic oxidation sites excluding steroid dienone is 1. The molecule has 0 fully saturated rings. The fourth-order valence-electron chi connectivity index (χ4n) is 1.14. The zero-order chi connectivity index (χ0) is 6.53. The van der Waals surface area contributed by atoms with E-state index in [9.17, 15) is 0 Å². The molecule has 1 N–H and O–H groups in total. The SMILES string of the molecule is OC1/C=C\CCCCC1. The summed E-state index contributed by atoms with van der Waals surface area (Å²) in [5.41, 5.74) is 0. The number of hydrogen-bond acceptors (Lipinski definition) is 1. The van der Waals surface area contributed by atoms with Crippen molar-refractivity contribution in [2.45, 2.75) is 38.2 Å². The van der Waals surface area contributed by atoms with Crippen LogP contribution >= 0.6 is 0 Å². The molecule has 0 aliphatic heterocycles. The molecule has 0 aromatic carbocycles. The standard InChI is InChI=1S/C8H14O/c9-8-6-4-2-1-3-5-7-8/h4,6,8-9H,1-3,5,7H2/b6-4-. The molecule has 0 saturated heterocycles. The molecule has 1 nitrogen and oxygen atoms in total. The molecule has 0 amide bonds. The van der Waals surface area contributed by atoms with Crippen LogP contribution in [0.15, 0.2) is 12.2 Å². The van der Waals surface area contributed by atoms with E-state index in [-0.39, 0.29) is 6.10 Å². The van der Waals surface area contributed by atoms with E-state index in [1.54, 1.807) is 0 Å². The minimum atomic E-state index is -0.162. The third kappa shape index (κ3) is 2.66. The summed E-state index contributed by atoms with van der Waals surface area (Å²) < 4.78 is 0. The molecular formula is C8H14O. The van der Waals surface area contributed by atoms with Crippen molar-refractivity contribution in [3.63, 3.8) is 0 Å². The maximum Gasteiger partial charge on any atom is 0.0720 e. The van der Waals surface area contributed by atoms with Gasteiger partial charge in [0.2, 0.25) is 0 Å². The van der Waals surface area contributed by atoms with Crippen molar-refractivity contribution < 1.29 is 5.11 Å². The Hall–Kier alpha value is -0.300. The molecular weight excluding hydrogens is 112 g/mol. The Labute approximate surface area is 56.4 Å². The lowest BCUT2D eigenvalue weighted by Crippen LogP contribution is -2.02. The first-order valence-corrected chi connectivity index (χ1v) is 3.74. The van der Waals surface area contributed by atoms with Gasteiger partial charge in [0.05, 0.1) is 6.10 Å². The van der Waals surface area contributed by atoms with Crippen LogP contribution in [-0.4, -0.2) is 11.2 Å². The van der Waals surface area contributed by atoms with E-state index in [0.29, 0.717) is 0 Å². The zero-order valence-electron chi connectivity index (χ0n) is 5.71. The molecule has 52 valence electrons. The summed E-state index contributed by atoms with van der Waals surface area (Å²) in [6.07, 6.45) is 9.71. The summed E-state index contributed by atoms with van der Waals surface area (Å²) in [5, 5.41) is 9.13. The second-order valence-corrected chi connectivity index (χ2v) is 2.63. The Morgan fingerprint density at radius 1 is 1.22 bits per heavy atom. The van der Waals surface area contributed by atoms with Gasteiger partial charge in [-0.05, 0) is 19.3 Å². The first kappa shape index (κ1) is 6.81. The van der Waals surface area contributed by atoms with Gasteiger partial charge in [0.15, 0.2) is 0 Å². The highest BCUT2D eigenvalue weighted by molar-refractivity contribution is 4.89. The van der Waals surface area contributed by atoms with Gasteiger partial charge in [-0.25, -0.2) is 0 Å². The molecule has 1 atom stereocenters. The maximum atomic E-state index is 9.13. The summed E-state index contributed by atoms with van der Waals surface area (Å²) in [4.78, 5) is 0. The van der Waals surface area contributed by atoms with E-state index in [0.717, 1.165) is 12.8 Å². The van der Waals surface area contributed by atoms with Crippen molar-refractivity contribution in [3.8, 4) is 0 Å². The van der Waals surface area contributed by atoms with Crippen molar-refractivity contribution in [1.82, 2.24) is 0 Å². The minimum Gasteiger partial charge on any atom is -0.389 e. The van der Waals surface area contributed by atoms with Gasteiger partial charge >= 0.3 is 0 Å². The Morgan fingerprint density at radius 2 is 2.11 bits per heavy atom. The molecule has 0 bridgehead atoms. The summed E-state index contributed by atoms with van der Waals surface area (Å²) in [6.45, 7) is 0. The van der Waals surface area contributed by atoms with Crippen LogP contribution in [0, 0.1) is 0 Å². The smallest absolute Gasteiger partial charge is 0.0720 e. The number of aliphatic hydroxyl groups is 1. The second kappa shape index (κ2) is 3.67. The molecule has 1 heteroatoms. The quantitative estimate of drug-likeness (QED) is 0.491. The van der Waals surface area contributed by atoms with E-state index < -0.39 is 0 Å². The lowest BCUT2D eigenvalue weighted by Gasteiger charge is -2.07. The topological polar surface area (TPSA) is 20.2 Å². The average molecular weight is 126 g/mol. The van der Waals surface area contributed by atoms with Crippen LogP contribution in [-0.2, 0) is 0 Å². The average Bonchev–Trinajstić information content (AvgIpc) is 1.79. The summed E-state index contributed by atoms with van der Waals surface area (Å²) in [6, 6.07) is 0. The normalized spacial score (nSPS) is 32.8. The Bertz CT molecular complexity index is 96.7. The number of aliphatic hydroxyl groups excluding tert-OH is 1. The molecule has 0 aromatic rings. The number of hydrogen-bond donors (Lipinski definition) is 1. The van der Waals surface area contributed by atoms with Crippen LogP contribution < -0.4 is 0 Å². The fourth-order valence-corrected chi connectivity index (χ4v) is 1.14. The molecule has 1 unspecified atom stereocenters. The van der Waals surface area contributed by atoms with Crippen LogP contribution in [0.5, 0.6) is 0 Å². The van der Waals surface area contributed by atoms with E-state index in [1.807, 2.05) is 6.08 Å². The molecule has 0 radical (unpaired) electrons. The molecule has 0 spiro atoms. The first-order chi connectivity index (χ1) is 4.39. The highest BCUT2D eigenvalue weighted by Crippen LogP contribution is 2.10. The third-order valence-corrected chi connectivity index (χ3v) is 1.73. The van der Waals surface area contributed by atoms with Crippen LogP contribution in [0.4, 0.5) is 0 Å². The predicted octanol–water partition coefficient (Wildman–Crippen LogP) is 1.87. The highest BCUT2D eigenvalue weighted by Gasteiger charge is 2.00. The Balaban J connectivity index is 2.30. The molecule has 1 rings (SSSR count). The molecule has 1 aliphatic carbocycles. The second-order valence-electron chi connectivity index (χ2n) is 2.63. The monoisotopic (exact) mass is 126 g/mol. The summed E-state index contributed by atoms with van der Waals surface area (Å²) in [7, 11) is 0. The molecule has 0 heterocycles. The van der Waals surface area contributed by atoms with Crippen LogP contribution in [0.25, 0.3) is 0 Å². The van der Waals surface area contributed by atoms with Crippen LogP contribution in [0.3, 0.4) is 0 Å². The first-order valence-electron chi connectivity index (χ1n) is 3.74. The van der Waals surface area contributed by atoms with Gasteiger partial charge in [-0.15, -0.1) is 0 Å². The van der Waals surface area contributed by atoms with Gasteiger partial charge in [-0.1, -0.05) is 25.0 Å². The molecule has 0 saturated carbocycles. The van der Waals surface area contributed by atoms with Crippen molar-refractivity contribution in [1.29, 1.82) is 0 Å². The minimum absolute atomic E-state index is 0.162. The third-order valence-electron chi connectivity index (χ3n) is 1.73. The van der Waals surface area contributed by atoms with Gasteiger partial charge in [0.1, 0.15) is 0 Å². The van der Waals surface area contributed by atoms with Gasteiger partial charge in [0.25, 0.3) is 0 Å². The predicted molar refractivity (Wildman–Crippen MR) is 38.2 cm³/mol. The van der Waals surface area contributed by atoms with Gasteiger partial charge < -0.3 is 5.11 Å². The zero-order valence-corrected chi connectivity index (χ0v) is 5.71. The number of rotatable bonds is 0. The fraction of sp³-hybridized carbons (Fsp3) is 0.750.